The molecule has 0 aliphatic rings. The molecule has 0 saturated carbocycles. The van der Waals surface area contributed by atoms with Gasteiger partial charge in [0.1, 0.15) is 10.2 Å². The number of nitrogens with zero attached hydrogens (tertiary/aromatic N) is 4. The van der Waals surface area contributed by atoms with E-state index in [2.05, 4.69) is 20.6 Å². The minimum atomic E-state index is -0.301. The molecule has 0 saturated heterocycles. The van der Waals surface area contributed by atoms with Gasteiger partial charge in [-0.1, -0.05) is 53.3 Å². The van der Waals surface area contributed by atoms with Gasteiger partial charge in [0, 0.05) is 24.3 Å². The van der Waals surface area contributed by atoms with E-state index in [1.54, 1.807) is 17.8 Å². The largest absolute Gasteiger partial charge is 0.297 e. The standard InChI is InChI=1S/C16H14ClN5OS/c1-10-12(14(17)22(2)21-10)8-9-13(23)18-16-20-19-15(24-16)11-6-4-3-5-7-11/h3-9H,1-2H3,(H,18,20,23)/b9-8+. The highest BCUT2D eigenvalue weighted by Crippen LogP contribution is 2.26. The van der Waals surface area contributed by atoms with Gasteiger partial charge in [0.2, 0.25) is 11.0 Å². The molecule has 1 amide bonds. The van der Waals surface area contributed by atoms with Gasteiger partial charge < -0.3 is 0 Å². The average Bonchev–Trinajstić information content (AvgIpc) is 3.12. The second-order valence-electron chi connectivity index (χ2n) is 5.01. The minimum Gasteiger partial charge on any atom is -0.297 e. The molecule has 0 atom stereocenters. The van der Waals surface area contributed by atoms with Gasteiger partial charge in [-0.2, -0.15) is 5.10 Å². The van der Waals surface area contributed by atoms with Crippen LogP contribution in [0.25, 0.3) is 16.6 Å². The molecule has 3 rings (SSSR count). The monoisotopic (exact) mass is 359 g/mol. The zero-order chi connectivity index (χ0) is 17.1. The Morgan fingerprint density at radius 3 is 2.71 bits per heavy atom. The third-order valence-electron chi connectivity index (χ3n) is 3.27. The van der Waals surface area contributed by atoms with Crippen LogP contribution in [-0.2, 0) is 11.8 Å². The zero-order valence-corrected chi connectivity index (χ0v) is 14.6. The van der Waals surface area contributed by atoms with Crippen LogP contribution in [0.15, 0.2) is 36.4 Å². The molecule has 0 aliphatic carbocycles. The number of amides is 1. The Morgan fingerprint density at radius 2 is 2.04 bits per heavy atom. The van der Waals surface area contributed by atoms with Gasteiger partial charge in [0.25, 0.3) is 0 Å². The summed E-state index contributed by atoms with van der Waals surface area (Å²) in [5.41, 5.74) is 2.44. The number of hydrogen-bond donors (Lipinski definition) is 1. The molecule has 1 aromatic carbocycles. The average molecular weight is 360 g/mol. The Bertz CT molecular complexity index is 901. The summed E-state index contributed by atoms with van der Waals surface area (Å²) in [6, 6.07) is 9.68. The predicted molar refractivity (Wildman–Crippen MR) is 96.0 cm³/mol. The molecule has 8 heteroatoms. The fourth-order valence-corrected chi connectivity index (χ4v) is 3.10. The lowest BCUT2D eigenvalue weighted by atomic mass is 10.2. The molecule has 0 bridgehead atoms. The summed E-state index contributed by atoms with van der Waals surface area (Å²) in [7, 11) is 1.75. The van der Waals surface area contributed by atoms with Gasteiger partial charge in [0.15, 0.2) is 0 Å². The van der Waals surface area contributed by atoms with Crippen LogP contribution in [0.2, 0.25) is 5.15 Å². The summed E-state index contributed by atoms with van der Waals surface area (Å²) < 4.78 is 1.56. The van der Waals surface area contributed by atoms with Crippen molar-refractivity contribution in [2.45, 2.75) is 6.92 Å². The maximum absolute atomic E-state index is 12.0. The molecule has 0 radical (unpaired) electrons. The number of carbonyl (C=O) groups excluding carboxylic acids is 1. The summed E-state index contributed by atoms with van der Waals surface area (Å²) in [5, 5.41) is 16.6. The highest BCUT2D eigenvalue weighted by atomic mass is 35.5. The fraction of sp³-hybridized carbons (Fsp3) is 0.125. The first-order chi connectivity index (χ1) is 11.5. The molecule has 0 fully saturated rings. The lowest BCUT2D eigenvalue weighted by molar-refractivity contribution is -0.111. The molecule has 0 aliphatic heterocycles. The van der Waals surface area contributed by atoms with Crippen molar-refractivity contribution in [3.63, 3.8) is 0 Å². The van der Waals surface area contributed by atoms with Gasteiger partial charge in [0.05, 0.1) is 5.69 Å². The van der Waals surface area contributed by atoms with Crippen LogP contribution in [0.4, 0.5) is 5.13 Å². The van der Waals surface area contributed by atoms with Crippen LogP contribution in [0.1, 0.15) is 11.3 Å². The molecule has 24 heavy (non-hydrogen) atoms. The lowest BCUT2D eigenvalue weighted by Gasteiger charge is -1.95. The molecule has 1 N–H and O–H groups in total. The first-order valence-electron chi connectivity index (χ1n) is 7.11. The second-order valence-corrected chi connectivity index (χ2v) is 6.35. The number of aromatic nitrogens is 4. The predicted octanol–water partition coefficient (Wildman–Crippen LogP) is 3.55. The molecule has 3 aromatic rings. The third-order valence-corrected chi connectivity index (χ3v) is 4.61. The fourth-order valence-electron chi connectivity index (χ4n) is 2.11. The molecule has 2 aromatic heterocycles. The summed E-state index contributed by atoms with van der Waals surface area (Å²) in [5.74, 6) is -0.301. The van der Waals surface area contributed by atoms with Crippen LogP contribution in [-0.4, -0.2) is 25.9 Å². The van der Waals surface area contributed by atoms with Crippen LogP contribution < -0.4 is 5.32 Å². The number of halogens is 1. The number of nitrogens with one attached hydrogen (secondary N) is 1. The Morgan fingerprint density at radius 1 is 1.29 bits per heavy atom. The number of rotatable bonds is 4. The maximum atomic E-state index is 12.0. The highest BCUT2D eigenvalue weighted by Gasteiger charge is 2.10. The molecule has 2 heterocycles. The number of hydrogen-bond acceptors (Lipinski definition) is 5. The molecule has 6 nitrogen and oxygen atoms in total. The molecule has 122 valence electrons. The zero-order valence-electron chi connectivity index (χ0n) is 13.0. The number of anilines is 1. The maximum Gasteiger partial charge on any atom is 0.250 e. The van der Waals surface area contributed by atoms with Crippen LogP contribution >= 0.6 is 22.9 Å². The van der Waals surface area contributed by atoms with Crippen molar-refractivity contribution in [2.24, 2.45) is 7.05 Å². The van der Waals surface area contributed by atoms with Crippen LogP contribution in [0.5, 0.6) is 0 Å². The van der Waals surface area contributed by atoms with Crippen molar-refractivity contribution in [1.29, 1.82) is 0 Å². The smallest absolute Gasteiger partial charge is 0.250 e. The van der Waals surface area contributed by atoms with Gasteiger partial charge in [-0.15, -0.1) is 10.2 Å². The second kappa shape index (κ2) is 6.94. The van der Waals surface area contributed by atoms with Crippen molar-refractivity contribution in [3.05, 3.63) is 52.8 Å². The van der Waals surface area contributed by atoms with E-state index in [1.807, 2.05) is 37.3 Å². The van der Waals surface area contributed by atoms with Crippen LogP contribution in [0.3, 0.4) is 0 Å². The Kier molecular flexibility index (Phi) is 4.73. The van der Waals surface area contributed by atoms with E-state index in [1.165, 1.54) is 17.4 Å². The lowest BCUT2D eigenvalue weighted by Crippen LogP contribution is -2.07. The molecular weight excluding hydrogens is 346 g/mol. The van der Waals surface area contributed by atoms with E-state index in [0.717, 1.165) is 21.8 Å². The number of benzene rings is 1. The van der Waals surface area contributed by atoms with Gasteiger partial charge >= 0.3 is 0 Å². The normalized spacial score (nSPS) is 11.1. The van der Waals surface area contributed by atoms with Gasteiger partial charge in [-0.25, -0.2) is 0 Å². The van der Waals surface area contributed by atoms with E-state index in [-0.39, 0.29) is 5.91 Å². The van der Waals surface area contributed by atoms with E-state index >= 15 is 0 Å². The van der Waals surface area contributed by atoms with Crippen molar-refractivity contribution in [2.75, 3.05) is 5.32 Å². The van der Waals surface area contributed by atoms with E-state index in [4.69, 9.17) is 11.6 Å². The summed E-state index contributed by atoms with van der Waals surface area (Å²) >= 11 is 7.44. The summed E-state index contributed by atoms with van der Waals surface area (Å²) in [4.78, 5) is 12.0. The van der Waals surface area contributed by atoms with Crippen molar-refractivity contribution in [3.8, 4) is 10.6 Å². The van der Waals surface area contributed by atoms with E-state index < -0.39 is 0 Å². The van der Waals surface area contributed by atoms with Crippen LogP contribution in [0, 0.1) is 6.92 Å². The Labute approximate surface area is 147 Å². The molecule has 0 unspecified atom stereocenters. The number of aryl methyl sites for hydroxylation is 2. The first-order valence-corrected chi connectivity index (χ1v) is 8.31. The molecular formula is C16H14ClN5OS. The topological polar surface area (TPSA) is 72.7 Å². The first kappa shape index (κ1) is 16.4. The SMILES string of the molecule is Cc1nn(C)c(Cl)c1/C=C/C(=O)Nc1nnc(-c2ccccc2)s1. The van der Waals surface area contributed by atoms with Crippen molar-refractivity contribution >= 4 is 40.1 Å². The molecule has 0 spiro atoms. The van der Waals surface area contributed by atoms with Crippen molar-refractivity contribution in [1.82, 2.24) is 20.0 Å². The quantitative estimate of drug-likeness (QED) is 0.723. The van der Waals surface area contributed by atoms with Gasteiger partial charge in [-0.05, 0) is 13.0 Å². The Hall–Kier alpha value is -2.51. The van der Waals surface area contributed by atoms with Gasteiger partial charge in [-0.3, -0.25) is 14.8 Å². The third kappa shape index (κ3) is 3.52. The minimum absolute atomic E-state index is 0.301. The van der Waals surface area contributed by atoms with Crippen molar-refractivity contribution < 1.29 is 4.79 Å². The van der Waals surface area contributed by atoms with E-state index in [9.17, 15) is 4.79 Å². The van der Waals surface area contributed by atoms with E-state index in [0.29, 0.717) is 10.3 Å². The Balaban J connectivity index is 1.69. The number of carbonyl (C=O) groups is 1. The highest BCUT2D eigenvalue weighted by molar-refractivity contribution is 7.18. The summed E-state index contributed by atoms with van der Waals surface area (Å²) in [6.45, 7) is 1.83. The summed E-state index contributed by atoms with van der Waals surface area (Å²) in [6.07, 6.45) is 3.04.